The zero-order valence-corrected chi connectivity index (χ0v) is 20.4. The van der Waals surface area contributed by atoms with Gasteiger partial charge in [0.1, 0.15) is 11.5 Å². The number of benzene rings is 1. The third kappa shape index (κ3) is 6.68. The summed E-state index contributed by atoms with van der Waals surface area (Å²) in [6, 6.07) is 3.57. The maximum absolute atomic E-state index is 15.0. The molecule has 0 heterocycles. The Hall–Kier alpha value is -2.21. The van der Waals surface area contributed by atoms with Gasteiger partial charge in [-0.2, -0.15) is 0 Å². The van der Waals surface area contributed by atoms with E-state index < -0.39 is 17.5 Å². The second-order valence-corrected chi connectivity index (χ2v) is 9.42. The van der Waals surface area contributed by atoms with Gasteiger partial charge in [-0.15, -0.1) is 0 Å². The number of rotatable bonds is 10. The molecule has 0 saturated heterocycles. The van der Waals surface area contributed by atoms with Crippen molar-refractivity contribution in [2.75, 3.05) is 20.3 Å². The molecule has 2 aliphatic carbocycles. The summed E-state index contributed by atoms with van der Waals surface area (Å²) in [5.41, 5.74) is 0.970. The van der Waals surface area contributed by atoms with Crippen LogP contribution in [0.25, 0.3) is 0 Å². The van der Waals surface area contributed by atoms with Crippen LogP contribution in [0.5, 0.6) is 0 Å². The van der Waals surface area contributed by atoms with Gasteiger partial charge in [-0.1, -0.05) is 25.3 Å². The Kier molecular flexibility index (Phi) is 9.69. The van der Waals surface area contributed by atoms with Crippen LogP contribution in [0, 0.1) is 17.6 Å². The predicted molar refractivity (Wildman–Crippen MR) is 128 cm³/mol. The van der Waals surface area contributed by atoms with Gasteiger partial charge in [0, 0.05) is 13.2 Å². The van der Waals surface area contributed by atoms with Crippen LogP contribution in [0.1, 0.15) is 81.3 Å². The fourth-order valence-electron chi connectivity index (χ4n) is 5.20. The molecule has 0 spiro atoms. The lowest BCUT2D eigenvalue weighted by Gasteiger charge is -2.30. The van der Waals surface area contributed by atoms with Crippen molar-refractivity contribution in [1.29, 1.82) is 0 Å². The molecule has 0 atom stereocenters. The van der Waals surface area contributed by atoms with Crippen molar-refractivity contribution >= 4 is 0 Å². The van der Waals surface area contributed by atoms with E-state index in [4.69, 9.17) is 14.2 Å². The second kappa shape index (κ2) is 12.5. The fourth-order valence-corrected chi connectivity index (χ4v) is 5.20. The molecule has 1 aromatic carbocycles. The summed E-state index contributed by atoms with van der Waals surface area (Å²) in [6.07, 6.45) is 7.88. The third-order valence-electron chi connectivity index (χ3n) is 7.25. The Morgan fingerprint density at radius 2 is 1.44 bits per heavy atom. The van der Waals surface area contributed by atoms with Crippen molar-refractivity contribution in [1.82, 2.24) is 0 Å². The standard InChI is InChI=1S/C28H37F3O3/c1-5-33-18(2)16-26(29)19(3)34-17-20-6-8-21(9-7-20)24-14-15-25(28(31)27(24)30)22-10-12-23(32-4)13-11-22/h14-16,20-23H,2-3,5-13,17H2,1,4H3/b26-16+. The molecule has 0 amide bonds. The molecule has 0 bridgehead atoms. The first kappa shape index (κ1) is 26.4. The zero-order valence-electron chi connectivity index (χ0n) is 20.4. The lowest BCUT2D eigenvalue weighted by Crippen LogP contribution is -2.21. The average molecular weight is 479 g/mol. The molecule has 34 heavy (non-hydrogen) atoms. The van der Waals surface area contributed by atoms with Gasteiger partial charge < -0.3 is 14.2 Å². The monoisotopic (exact) mass is 478 g/mol. The summed E-state index contributed by atoms with van der Waals surface area (Å²) in [5, 5.41) is 0. The first-order valence-electron chi connectivity index (χ1n) is 12.4. The largest absolute Gasteiger partial charge is 0.494 e. The molecular formula is C28H37F3O3. The molecule has 1 aromatic rings. The van der Waals surface area contributed by atoms with Crippen LogP contribution in [0.15, 0.2) is 48.7 Å². The van der Waals surface area contributed by atoms with Gasteiger partial charge in [0.2, 0.25) is 0 Å². The SMILES string of the molecule is C=C(/C=C(/F)C(=C)OCC1CCC(c2ccc(C3CCC(OC)CC3)c(F)c2F)CC1)OCC. The van der Waals surface area contributed by atoms with Gasteiger partial charge in [-0.05, 0) is 87.2 Å². The van der Waals surface area contributed by atoms with Crippen LogP contribution < -0.4 is 0 Å². The van der Waals surface area contributed by atoms with Gasteiger partial charge in [0.05, 0.1) is 19.3 Å². The van der Waals surface area contributed by atoms with Crippen molar-refractivity contribution in [3.63, 3.8) is 0 Å². The number of allylic oxidation sites excluding steroid dienone is 2. The third-order valence-corrected chi connectivity index (χ3v) is 7.25. The molecule has 0 N–H and O–H groups in total. The van der Waals surface area contributed by atoms with Crippen LogP contribution in [-0.4, -0.2) is 26.4 Å². The Morgan fingerprint density at radius 1 is 0.912 bits per heavy atom. The highest BCUT2D eigenvalue weighted by atomic mass is 19.2. The number of hydrogen-bond donors (Lipinski definition) is 0. The fraction of sp³-hybridized carbons (Fsp3) is 0.571. The minimum atomic E-state index is -0.693. The Bertz CT molecular complexity index is 879. The van der Waals surface area contributed by atoms with Crippen molar-refractivity contribution < 1.29 is 27.4 Å². The molecule has 3 rings (SSSR count). The lowest BCUT2D eigenvalue weighted by atomic mass is 9.77. The van der Waals surface area contributed by atoms with Gasteiger partial charge >= 0.3 is 0 Å². The first-order chi connectivity index (χ1) is 16.3. The van der Waals surface area contributed by atoms with Crippen molar-refractivity contribution in [3.05, 3.63) is 71.5 Å². The predicted octanol–water partition coefficient (Wildman–Crippen LogP) is 7.85. The highest BCUT2D eigenvalue weighted by Gasteiger charge is 2.30. The van der Waals surface area contributed by atoms with Crippen LogP contribution in [0.3, 0.4) is 0 Å². The molecule has 2 saturated carbocycles. The summed E-state index contributed by atoms with van der Waals surface area (Å²) in [4.78, 5) is 0. The maximum Gasteiger partial charge on any atom is 0.168 e. The zero-order chi connectivity index (χ0) is 24.7. The topological polar surface area (TPSA) is 27.7 Å². The van der Waals surface area contributed by atoms with E-state index in [1.54, 1.807) is 26.2 Å². The molecule has 0 radical (unpaired) electrons. The average Bonchev–Trinajstić information content (AvgIpc) is 2.85. The van der Waals surface area contributed by atoms with Gasteiger partial charge in [-0.3, -0.25) is 0 Å². The van der Waals surface area contributed by atoms with E-state index in [1.807, 2.05) is 0 Å². The van der Waals surface area contributed by atoms with Crippen LogP contribution in [-0.2, 0) is 14.2 Å². The molecular weight excluding hydrogens is 441 g/mol. The summed E-state index contributed by atoms with van der Waals surface area (Å²) < 4.78 is 60.2. The van der Waals surface area contributed by atoms with Crippen LogP contribution in [0.4, 0.5) is 13.2 Å². The molecule has 188 valence electrons. The van der Waals surface area contributed by atoms with E-state index in [-0.39, 0.29) is 35.4 Å². The first-order valence-corrected chi connectivity index (χ1v) is 12.4. The quantitative estimate of drug-likeness (QED) is 0.253. The number of methoxy groups -OCH3 is 1. The van der Waals surface area contributed by atoms with Crippen molar-refractivity contribution in [2.24, 2.45) is 5.92 Å². The summed E-state index contributed by atoms with van der Waals surface area (Å²) >= 11 is 0. The molecule has 2 aliphatic rings. The van der Waals surface area contributed by atoms with Crippen molar-refractivity contribution in [2.45, 2.75) is 76.2 Å². The van der Waals surface area contributed by atoms with Crippen molar-refractivity contribution in [3.8, 4) is 0 Å². The Balaban J connectivity index is 1.51. The molecule has 3 nitrogen and oxygen atoms in total. The minimum absolute atomic E-state index is 0.0154. The minimum Gasteiger partial charge on any atom is -0.494 e. The van der Waals surface area contributed by atoms with Gasteiger partial charge in [0.25, 0.3) is 0 Å². The van der Waals surface area contributed by atoms with E-state index in [0.29, 0.717) is 24.3 Å². The van der Waals surface area contributed by atoms with E-state index in [1.165, 1.54) is 0 Å². The number of hydrogen-bond acceptors (Lipinski definition) is 3. The Morgan fingerprint density at radius 3 is 1.94 bits per heavy atom. The molecule has 0 unspecified atom stereocenters. The second-order valence-electron chi connectivity index (χ2n) is 9.42. The van der Waals surface area contributed by atoms with E-state index in [2.05, 4.69) is 13.2 Å². The number of ether oxygens (including phenoxy) is 3. The molecule has 2 fully saturated rings. The van der Waals surface area contributed by atoms with Gasteiger partial charge in [0.15, 0.2) is 17.5 Å². The Labute approximate surface area is 201 Å². The molecule has 0 aliphatic heterocycles. The van der Waals surface area contributed by atoms with E-state index >= 15 is 4.39 Å². The lowest BCUT2D eigenvalue weighted by molar-refractivity contribution is 0.0655. The normalized spacial score (nSPS) is 25.6. The van der Waals surface area contributed by atoms with Gasteiger partial charge in [-0.25, -0.2) is 13.2 Å². The van der Waals surface area contributed by atoms with Crippen LogP contribution in [0.2, 0.25) is 0 Å². The summed E-state index contributed by atoms with van der Waals surface area (Å²) in [6.45, 7) is 9.78. The van der Waals surface area contributed by atoms with E-state index in [9.17, 15) is 8.78 Å². The summed E-state index contributed by atoms with van der Waals surface area (Å²) in [5.74, 6) is -1.56. The molecule has 0 aromatic heterocycles. The number of halogens is 3. The highest BCUT2D eigenvalue weighted by molar-refractivity contribution is 5.32. The maximum atomic E-state index is 15.0. The molecule has 6 heteroatoms. The smallest absolute Gasteiger partial charge is 0.168 e. The van der Waals surface area contributed by atoms with Crippen LogP contribution >= 0.6 is 0 Å². The summed E-state index contributed by atoms with van der Waals surface area (Å²) in [7, 11) is 1.70. The highest BCUT2D eigenvalue weighted by Crippen LogP contribution is 2.41. The van der Waals surface area contributed by atoms with E-state index in [0.717, 1.165) is 57.4 Å².